The van der Waals surface area contributed by atoms with Crippen LogP contribution in [0.4, 0.5) is 114 Å². The number of alkyl halides is 26. The van der Waals surface area contributed by atoms with Crippen LogP contribution < -0.4 is 0 Å². The third-order valence-corrected chi connectivity index (χ3v) is 6.21. The third kappa shape index (κ3) is 6.11. The van der Waals surface area contributed by atoms with Gasteiger partial charge in [-0.1, -0.05) is 6.92 Å². The maximum atomic E-state index is 14.2. The van der Waals surface area contributed by atoms with Crippen molar-refractivity contribution in [3.63, 3.8) is 0 Å². The van der Waals surface area contributed by atoms with Crippen molar-refractivity contribution in [2.24, 2.45) is 5.92 Å². The van der Waals surface area contributed by atoms with Crippen LogP contribution in [0.25, 0.3) is 0 Å². The summed E-state index contributed by atoms with van der Waals surface area (Å²) in [5, 5.41) is 0. The summed E-state index contributed by atoms with van der Waals surface area (Å²) in [6.45, 7) is 2.73. The summed E-state index contributed by atoms with van der Waals surface area (Å²) in [7, 11) is 0. The summed E-state index contributed by atoms with van der Waals surface area (Å²) in [4.78, 5) is 0. The van der Waals surface area contributed by atoms with Gasteiger partial charge < -0.3 is 9.47 Å². The fourth-order valence-electron chi connectivity index (χ4n) is 3.41. The maximum absolute atomic E-state index is 14.2. The zero-order chi connectivity index (χ0) is 38.3. The molecule has 0 aromatic rings. The van der Waals surface area contributed by atoms with E-state index in [0.29, 0.717) is 0 Å². The van der Waals surface area contributed by atoms with Crippen LogP contribution in [-0.4, -0.2) is 84.2 Å². The molecule has 3 atom stereocenters. The molecule has 0 spiro atoms. The van der Waals surface area contributed by atoms with Crippen molar-refractivity contribution in [1.82, 2.24) is 0 Å². The molecule has 2 radical (unpaired) electrons. The second kappa shape index (κ2) is 11.6. The smallest absolute Gasteiger partial charge is 0.309 e. The molecule has 1 rings (SSSR count). The molecule has 280 valence electrons. The van der Waals surface area contributed by atoms with Gasteiger partial charge in [0.05, 0.1) is 12.2 Å². The molecule has 3 unspecified atom stereocenters. The Labute approximate surface area is 241 Å². The molecule has 2 nitrogen and oxygen atoms in total. The molecule has 0 aliphatic heterocycles. The zero-order valence-corrected chi connectivity index (χ0v) is 21.1. The first-order valence-corrected chi connectivity index (χ1v) is 11.0. The van der Waals surface area contributed by atoms with Gasteiger partial charge in [0.25, 0.3) is 0 Å². The van der Waals surface area contributed by atoms with Crippen molar-refractivity contribution in [1.29, 1.82) is 0 Å². The van der Waals surface area contributed by atoms with Gasteiger partial charge >= 0.3 is 72.0 Å². The topological polar surface area (TPSA) is 18.5 Å². The fraction of sp³-hybridized carbons (Fsp3) is 0.895. The average Bonchev–Trinajstić information content (AvgIpc) is 3.21. The molecule has 1 aliphatic rings. The van der Waals surface area contributed by atoms with E-state index in [4.69, 9.17) is 0 Å². The molecule has 47 heavy (non-hydrogen) atoms. The number of hydrogen-bond donors (Lipinski definition) is 0. The van der Waals surface area contributed by atoms with Gasteiger partial charge in [-0.2, -0.15) is 114 Å². The lowest BCUT2D eigenvalue weighted by molar-refractivity contribution is -0.480. The zero-order valence-electron chi connectivity index (χ0n) is 21.1. The van der Waals surface area contributed by atoms with E-state index in [-0.39, 0.29) is 6.42 Å². The summed E-state index contributed by atoms with van der Waals surface area (Å²) in [6.07, 6.45) is -41.7. The quantitative estimate of drug-likeness (QED) is 0.174. The highest BCUT2D eigenvalue weighted by molar-refractivity contribution is 5.11. The van der Waals surface area contributed by atoms with E-state index in [0.717, 1.165) is 0 Å². The highest BCUT2D eigenvalue weighted by Crippen LogP contribution is 2.63. The van der Waals surface area contributed by atoms with E-state index in [9.17, 15) is 114 Å². The van der Waals surface area contributed by atoms with E-state index in [1.165, 1.54) is 0 Å². The lowest BCUT2D eigenvalue weighted by Crippen LogP contribution is -2.71. The maximum Gasteiger partial charge on any atom is 0.460 e. The van der Waals surface area contributed by atoms with Crippen LogP contribution in [0.15, 0.2) is 0 Å². The second-order valence-electron chi connectivity index (χ2n) is 9.31. The third-order valence-electron chi connectivity index (χ3n) is 6.21. The Balaban J connectivity index is 3.61. The van der Waals surface area contributed by atoms with Gasteiger partial charge in [-0.25, -0.2) is 0 Å². The highest BCUT2D eigenvalue weighted by atomic mass is 19.4. The van der Waals surface area contributed by atoms with Crippen LogP contribution in [0.2, 0.25) is 0 Å². The van der Waals surface area contributed by atoms with Crippen LogP contribution in [0, 0.1) is 19.3 Å². The van der Waals surface area contributed by atoms with Gasteiger partial charge in [-0.05, 0) is 25.2 Å². The molecule has 1 aliphatic carbocycles. The van der Waals surface area contributed by atoms with E-state index < -0.39 is 103 Å². The van der Waals surface area contributed by atoms with Gasteiger partial charge in [0.15, 0.2) is 0 Å². The average molecular weight is 764 g/mol. The number of halogens is 26. The van der Waals surface area contributed by atoms with E-state index >= 15 is 0 Å². The van der Waals surface area contributed by atoms with Crippen molar-refractivity contribution in [3.8, 4) is 0 Å². The standard InChI is InChI=1S/C19H10F26O2/c1-2-5-3-4-6(46-18(42,43)14(32,33)10(24,25)8(20,21)12(28,29)16(36,37)38)7(5)47-19(44,45)15(34,35)11(26,27)9(22,23)13(30,31)17(39,40)41/h4-7H,1-3H2. The Morgan fingerprint density at radius 1 is 0.426 bits per heavy atom. The molecule has 0 saturated heterocycles. The molecular weight excluding hydrogens is 754 g/mol. The van der Waals surface area contributed by atoms with Crippen LogP contribution in [0.1, 0.15) is 12.8 Å². The minimum absolute atomic E-state index is 0.357. The molecule has 0 N–H and O–H groups in total. The second-order valence-corrected chi connectivity index (χ2v) is 9.31. The largest absolute Gasteiger partial charge is 0.460 e. The Bertz CT molecular complexity index is 1100. The molecule has 1 fully saturated rings. The molecule has 1 saturated carbocycles. The van der Waals surface area contributed by atoms with Crippen molar-refractivity contribution in [2.45, 2.75) is 97.0 Å². The minimum atomic E-state index is -8.56. The lowest BCUT2D eigenvalue weighted by atomic mass is 9.96. The molecule has 0 heterocycles. The summed E-state index contributed by atoms with van der Waals surface area (Å²) in [5.41, 5.74) is 0. The van der Waals surface area contributed by atoms with Gasteiger partial charge in [0.2, 0.25) is 0 Å². The predicted octanol–water partition coefficient (Wildman–Crippen LogP) is 9.60. The molecule has 0 bridgehead atoms. The predicted molar refractivity (Wildman–Crippen MR) is 93.7 cm³/mol. The van der Waals surface area contributed by atoms with Crippen molar-refractivity contribution in [3.05, 3.63) is 13.3 Å². The highest BCUT2D eigenvalue weighted by Gasteiger charge is 2.93. The van der Waals surface area contributed by atoms with Gasteiger partial charge in [-0.15, -0.1) is 0 Å². The van der Waals surface area contributed by atoms with E-state index in [1.54, 1.807) is 0 Å². The van der Waals surface area contributed by atoms with Gasteiger partial charge in [-0.3, -0.25) is 0 Å². The molecule has 0 amide bonds. The Morgan fingerprint density at radius 2 is 0.702 bits per heavy atom. The SMILES string of the molecule is [CH2]CC1C[CH]C(OC(F)(F)C(F)(F)C(F)(F)C(F)(F)C(F)(F)C(F)(F)F)C1OC(F)(F)C(F)(F)C(F)(F)C(F)(F)C(F)(F)C(F)(F)F. The van der Waals surface area contributed by atoms with Crippen molar-refractivity contribution in [2.75, 3.05) is 0 Å². The van der Waals surface area contributed by atoms with Gasteiger partial charge in [0, 0.05) is 0 Å². The molecule has 0 aromatic heterocycles. The first kappa shape index (κ1) is 43.1. The Hall–Kier alpha value is -1.90. The van der Waals surface area contributed by atoms with Crippen LogP contribution in [-0.2, 0) is 9.47 Å². The fourth-order valence-corrected chi connectivity index (χ4v) is 3.41. The number of ether oxygens (including phenoxy) is 2. The first-order valence-electron chi connectivity index (χ1n) is 11.0. The Morgan fingerprint density at radius 3 is 0.979 bits per heavy atom. The van der Waals surface area contributed by atoms with E-state index in [1.807, 2.05) is 0 Å². The van der Waals surface area contributed by atoms with Crippen LogP contribution in [0.5, 0.6) is 0 Å². The van der Waals surface area contributed by atoms with Gasteiger partial charge in [0.1, 0.15) is 0 Å². The summed E-state index contributed by atoms with van der Waals surface area (Å²) < 4.78 is 351. The molecular formula is C19H10F26O2. The first-order chi connectivity index (χ1) is 20.1. The van der Waals surface area contributed by atoms with Crippen LogP contribution in [0.3, 0.4) is 0 Å². The van der Waals surface area contributed by atoms with Crippen molar-refractivity contribution >= 4 is 0 Å². The number of rotatable bonds is 13. The van der Waals surface area contributed by atoms with Crippen LogP contribution >= 0.6 is 0 Å². The minimum Gasteiger partial charge on any atom is -0.309 e. The summed E-state index contributed by atoms with van der Waals surface area (Å²) in [6, 6.07) is 0. The van der Waals surface area contributed by atoms with Crippen molar-refractivity contribution < 1.29 is 124 Å². The molecule has 0 aromatic carbocycles. The molecule has 28 heteroatoms. The Kier molecular flexibility index (Phi) is 10.6. The lowest BCUT2D eigenvalue weighted by Gasteiger charge is -2.41. The summed E-state index contributed by atoms with van der Waals surface area (Å²) >= 11 is 0. The normalized spacial score (nSPS) is 22.7. The number of hydrogen-bond acceptors (Lipinski definition) is 2. The monoisotopic (exact) mass is 764 g/mol. The summed E-state index contributed by atoms with van der Waals surface area (Å²) in [5.74, 6) is -69.7. The van der Waals surface area contributed by atoms with E-state index in [2.05, 4.69) is 16.4 Å².